The fourth-order valence-corrected chi connectivity index (χ4v) is 4.24. The zero-order chi connectivity index (χ0) is 27.2. The van der Waals surface area contributed by atoms with Gasteiger partial charge in [-0.05, 0) is 81.1 Å². The van der Waals surface area contributed by atoms with E-state index in [2.05, 4.69) is 31.3 Å². The Morgan fingerprint density at radius 1 is 0.947 bits per heavy atom. The van der Waals surface area contributed by atoms with E-state index in [9.17, 15) is 4.79 Å². The lowest BCUT2D eigenvalue weighted by molar-refractivity contribution is 0.102. The molecule has 0 spiro atoms. The molecule has 200 valence electrons. The van der Waals surface area contributed by atoms with Crippen LogP contribution in [0.1, 0.15) is 62.9 Å². The highest BCUT2D eigenvalue weighted by Gasteiger charge is 2.20. The maximum atomic E-state index is 13.3. The highest BCUT2D eigenvalue weighted by molar-refractivity contribution is 6.34. The lowest BCUT2D eigenvalue weighted by Crippen LogP contribution is -2.13. The number of hydrogen-bond acceptors (Lipinski definition) is 6. The van der Waals surface area contributed by atoms with Gasteiger partial charge in [0.25, 0.3) is 5.91 Å². The Bertz CT molecular complexity index is 1400. The van der Waals surface area contributed by atoms with Crippen molar-refractivity contribution in [3.63, 3.8) is 0 Å². The summed E-state index contributed by atoms with van der Waals surface area (Å²) < 4.78 is 23.2. The van der Waals surface area contributed by atoms with Gasteiger partial charge in [0.15, 0.2) is 17.1 Å². The van der Waals surface area contributed by atoms with Crippen LogP contribution in [-0.2, 0) is 0 Å². The first-order valence-corrected chi connectivity index (χ1v) is 13.3. The Morgan fingerprint density at radius 2 is 1.63 bits per heavy atom. The van der Waals surface area contributed by atoms with E-state index in [1.54, 1.807) is 24.3 Å². The van der Waals surface area contributed by atoms with Gasteiger partial charge in [0, 0.05) is 11.1 Å². The fourth-order valence-electron chi connectivity index (χ4n) is 4.08. The van der Waals surface area contributed by atoms with E-state index in [-0.39, 0.29) is 5.91 Å². The van der Waals surface area contributed by atoms with Crippen molar-refractivity contribution in [1.82, 2.24) is 4.98 Å². The minimum absolute atomic E-state index is 0.348. The zero-order valence-electron chi connectivity index (χ0n) is 22.4. The summed E-state index contributed by atoms with van der Waals surface area (Å²) >= 11 is 6.46. The summed E-state index contributed by atoms with van der Waals surface area (Å²) in [5, 5.41) is 3.29. The van der Waals surface area contributed by atoms with Crippen molar-refractivity contribution in [3.05, 3.63) is 64.7 Å². The van der Waals surface area contributed by atoms with Crippen molar-refractivity contribution in [1.29, 1.82) is 0 Å². The van der Waals surface area contributed by atoms with Crippen molar-refractivity contribution < 1.29 is 23.4 Å². The van der Waals surface area contributed by atoms with Gasteiger partial charge in [-0.2, -0.15) is 0 Å². The quantitative estimate of drug-likeness (QED) is 0.208. The summed E-state index contributed by atoms with van der Waals surface area (Å²) in [4.78, 5) is 18.0. The average molecular weight is 537 g/mol. The van der Waals surface area contributed by atoms with Gasteiger partial charge in [-0.1, -0.05) is 31.5 Å². The number of anilines is 1. The molecule has 8 heteroatoms. The molecule has 4 aromatic rings. The van der Waals surface area contributed by atoms with Crippen molar-refractivity contribution in [2.24, 2.45) is 0 Å². The van der Waals surface area contributed by atoms with Crippen molar-refractivity contribution in [3.8, 4) is 28.7 Å². The monoisotopic (exact) mass is 536 g/mol. The summed E-state index contributed by atoms with van der Waals surface area (Å²) in [6, 6.07) is 14.6. The fraction of sp³-hybridized carbons (Fsp3) is 0.333. The Labute approximate surface area is 228 Å². The summed E-state index contributed by atoms with van der Waals surface area (Å²) in [6.45, 7) is 11.2. The zero-order valence-corrected chi connectivity index (χ0v) is 23.1. The van der Waals surface area contributed by atoms with E-state index in [1.807, 2.05) is 32.9 Å². The second kappa shape index (κ2) is 12.2. The van der Waals surface area contributed by atoms with Gasteiger partial charge in [-0.3, -0.25) is 4.79 Å². The lowest BCUT2D eigenvalue weighted by Gasteiger charge is -2.17. The molecule has 0 saturated carbocycles. The number of oxazole rings is 1. The third-order valence-electron chi connectivity index (χ3n) is 6.23. The smallest absolute Gasteiger partial charge is 0.255 e. The number of carbonyl (C=O) groups excluding carboxylic acids is 1. The molecule has 1 amide bonds. The third kappa shape index (κ3) is 5.89. The number of nitrogens with zero attached hydrogens (tertiary/aromatic N) is 1. The van der Waals surface area contributed by atoms with Crippen LogP contribution in [0.25, 0.3) is 22.6 Å². The minimum atomic E-state index is -0.371. The summed E-state index contributed by atoms with van der Waals surface area (Å²) in [5.74, 6) is 1.87. The summed E-state index contributed by atoms with van der Waals surface area (Å²) in [7, 11) is 0. The van der Waals surface area contributed by atoms with Crippen LogP contribution in [-0.4, -0.2) is 30.7 Å². The first-order valence-electron chi connectivity index (χ1n) is 13.0. The molecule has 0 fully saturated rings. The molecule has 1 heterocycles. The molecule has 0 aliphatic heterocycles. The van der Waals surface area contributed by atoms with Crippen LogP contribution >= 0.6 is 11.6 Å². The number of amides is 1. The standard InChI is InChI=1S/C30H33ClN2O5/c1-6-18(5)19-11-13-25-24(14-19)33-30(38-25)20-10-12-22(31)23(15-20)32-29(34)21-16-26(35-7-2)28(37-9-4)27(17-21)36-8-3/h10-18H,6-9H2,1-5H3,(H,32,34)/t18-/m0/s1. The second-order valence-electron chi connectivity index (χ2n) is 8.80. The molecule has 1 N–H and O–H groups in total. The maximum absolute atomic E-state index is 13.3. The number of rotatable bonds is 11. The number of hydrogen-bond donors (Lipinski definition) is 1. The maximum Gasteiger partial charge on any atom is 0.255 e. The Balaban J connectivity index is 1.65. The molecule has 0 unspecified atom stereocenters. The van der Waals surface area contributed by atoms with Crippen LogP contribution in [0.3, 0.4) is 0 Å². The number of ether oxygens (including phenoxy) is 3. The molecular formula is C30H33ClN2O5. The summed E-state index contributed by atoms with van der Waals surface area (Å²) in [6.07, 6.45) is 1.04. The normalized spacial score (nSPS) is 11.8. The van der Waals surface area contributed by atoms with Gasteiger partial charge < -0.3 is 23.9 Å². The lowest BCUT2D eigenvalue weighted by atomic mass is 9.98. The first-order chi connectivity index (χ1) is 18.4. The number of benzene rings is 3. The number of aromatic nitrogens is 1. The highest BCUT2D eigenvalue weighted by atomic mass is 35.5. The van der Waals surface area contributed by atoms with Crippen LogP contribution in [0.15, 0.2) is 52.9 Å². The largest absolute Gasteiger partial charge is 0.490 e. The van der Waals surface area contributed by atoms with Crippen LogP contribution in [0.2, 0.25) is 5.02 Å². The third-order valence-corrected chi connectivity index (χ3v) is 6.56. The molecule has 0 radical (unpaired) electrons. The van der Waals surface area contributed by atoms with Gasteiger partial charge in [0.2, 0.25) is 11.6 Å². The number of nitrogens with one attached hydrogen (secondary N) is 1. The topological polar surface area (TPSA) is 82.8 Å². The van der Waals surface area contributed by atoms with Crippen molar-refractivity contribution in [2.45, 2.75) is 47.0 Å². The number of carbonyl (C=O) groups is 1. The predicted molar refractivity (Wildman–Crippen MR) is 151 cm³/mol. The van der Waals surface area contributed by atoms with E-state index in [1.165, 1.54) is 5.56 Å². The van der Waals surface area contributed by atoms with Crippen molar-refractivity contribution >= 4 is 34.3 Å². The van der Waals surface area contributed by atoms with E-state index >= 15 is 0 Å². The van der Waals surface area contributed by atoms with E-state index < -0.39 is 0 Å². The molecule has 0 aliphatic rings. The molecule has 4 rings (SSSR count). The Morgan fingerprint density at radius 3 is 2.26 bits per heavy atom. The highest BCUT2D eigenvalue weighted by Crippen LogP contribution is 2.40. The molecule has 0 aliphatic carbocycles. The Kier molecular flexibility index (Phi) is 8.79. The molecular weight excluding hydrogens is 504 g/mol. The van der Waals surface area contributed by atoms with Crippen LogP contribution < -0.4 is 19.5 Å². The molecule has 0 bridgehead atoms. The first kappa shape index (κ1) is 27.3. The van der Waals surface area contributed by atoms with E-state index in [0.717, 1.165) is 11.9 Å². The molecule has 38 heavy (non-hydrogen) atoms. The van der Waals surface area contributed by atoms with E-state index in [4.69, 9.17) is 35.2 Å². The average Bonchev–Trinajstić information content (AvgIpc) is 3.35. The summed E-state index contributed by atoms with van der Waals surface area (Å²) in [5.41, 5.74) is 4.19. The number of fused-ring (bicyclic) bond motifs is 1. The number of halogens is 1. The van der Waals surface area contributed by atoms with Crippen LogP contribution in [0.5, 0.6) is 17.2 Å². The van der Waals surface area contributed by atoms with Gasteiger partial charge in [-0.25, -0.2) is 4.98 Å². The molecule has 1 atom stereocenters. The van der Waals surface area contributed by atoms with Crippen molar-refractivity contribution in [2.75, 3.05) is 25.1 Å². The van der Waals surface area contributed by atoms with Gasteiger partial charge in [0.05, 0.1) is 30.5 Å². The minimum Gasteiger partial charge on any atom is -0.490 e. The second-order valence-corrected chi connectivity index (χ2v) is 9.21. The van der Waals surface area contributed by atoms with Crippen LogP contribution in [0.4, 0.5) is 5.69 Å². The van der Waals surface area contributed by atoms with Gasteiger partial charge >= 0.3 is 0 Å². The Hall–Kier alpha value is -3.71. The molecule has 7 nitrogen and oxygen atoms in total. The molecule has 1 aromatic heterocycles. The predicted octanol–water partition coefficient (Wildman–Crippen LogP) is 8.11. The van der Waals surface area contributed by atoms with Gasteiger partial charge in [0.1, 0.15) is 5.52 Å². The molecule has 0 saturated heterocycles. The van der Waals surface area contributed by atoms with Crippen LogP contribution in [0, 0.1) is 0 Å². The molecule has 3 aromatic carbocycles. The SMILES string of the molecule is CCOc1cc(C(=O)Nc2cc(-c3nc4cc([C@@H](C)CC)ccc4o3)ccc2Cl)cc(OCC)c1OCC. The van der Waals surface area contributed by atoms with E-state index in [0.29, 0.717) is 76.3 Å². The van der Waals surface area contributed by atoms with Gasteiger partial charge in [-0.15, -0.1) is 0 Å².